The number of ether oxygens (including phenoxy) is 1. The SMILES string of the molecule is CC(=O)c1cccc(NC(=O)COC(=O)CCCC(=O)Nc2cc(C)ccc2C)c1. The van der Waals surface area contributed by atoms with E-state index in [0.29, 0.717) is 17.7 Å². The molecule has 7 heteroatoms. The van der Waals surface area contributed by atoms with Crippen LogP contribution in [0.3, 0.4) is 0 Å². The van der Waals surface area contributed by atoms with E-state index < -0.39 is 18.5 Å². The second-order valence-electron chi connectivity index (χ2n) is 7.07. The minimum atomic E-state index is -0.554. The van der Waals surface area contributed by atoms with Crippen molar-refractivity contribution >= 4 is 34.9 Å². The van der Waals surface area contributed by atoms with Gasteiger partial charge in [0.15, 0.2) is 12.4 Å². The number of Topliss-reactive ketones (excluding diaryl/α,β-unsaturated/α-hetero) is 1. The Kier molecular flexibility index (Phi) is 8.29. The van der Waals surface area contributed by atoms with E-state index >= 15 is 0 Å². The van der Waals surface area contributed by atoms with Crippen LogP contribution in [0.25, 0.3) is 0 Å². The summed E-state index contributed by atoms with van der Waals surface area (Å²) < 4.78 is 4.94. The Labute approximate surface area is 175 Å². The molecule has 0 spiro atoms. The number of ketones is 1. The van der Waals surface area contributed by atoms with Crippen LogP contribution in [0, 0.1) is 13.8 Å². The molecule has 0 aliphatic carbocycles. The number of esters is 1. The van der Waals surface area contributed by atoms with Crippen molar-refractivity contribution in [2.24, 2.45) is 0 Å². The number of carbonyl (C=O) groups excluding carboxylic acids is 4. The van der Waals surface area contributed by atoms with E-state index in [-0.39, 0.29) is 24.5 Å². The molecule has 0 aliphatic rings. The maximum atomic E-state index is 12.1. The molecule has 2 rings (SSSR count). The Morgan fingerprint density at radius 3 is 2.40 bits per heavy atom. The summed E-state index contributed by atoms with van der Waals surface area (Å²) in [5.41, 5.74) is 3.70. The molecule has 30 heavy (non-hydrogen) atoms. The van der Waals surface area contributed by atoms with Gasteiger partial charge in [-0.25, -0.2) is 0 Å². The molecule has 0 atom stereocenters. The first kappa shape index (κ1) is 22.8. The molecule has 0 saturated heterocycles. The van der Waals surface area contributed by atoms with Crippen LogP contribution >= 0.6 is 0 Å². The highest BCUT2D eigenvalue weighted by Gasteiger charge is 2.11. The molecule has 0 aliphatic heterocycles. The van der Waals surface area contributed by atoms with Crippen LogP contribution in [0.5, 0.6) is 0 Å². The fourth-order valence-corrected chi connectivity index (χ4v) is 2.71. The van der Waals surface area contributed by atoms with Crippen LogP contribution in [0.15, 0.2) is 42.5 Å². The largest absolute Gasteiger partial charge is 0.456 e. The number of rotatable bonds is 9. The fourth-order valence-electron chi connectivity index (χ4n) is 2.71. The van der Waals surface area contributed by atoms with Crippen LogP contribution in [0.2, 0.25) is 0 Å². The lowest BCUT2D eigenvalue weighted by molar-refractivity contribution is -0.147. The molecule has 0 saturated carbocycles. The number of anilines is 2. The topological polar surface area (TPSA) is 102 Å². The van der Waals surface area contributed by atoms with Gasteiger partial charge in [-0.15, -0.1) is 0 Å². The average molecular weight is 410 g/mol. The number of amides is 2. The Morgan fingerprint density at radius 1 is 0.900 bits per heavy atom. The van der Waals surface area contributed by atoms with Gasteiger partial charge in [-0.2, -0.15) is 0 Å². The minimum absolute atomic E-state index is 0.0350. The molecule has 2 aromatic rings. The van der Waals surface area contributed by atoms with Crippen molar-refractivity contribution in [1.29, 1.82) is 0 Å². The normalized spacial score (nSPS) is 10.2. The zero-order chi connectivity index (χ0) is 22.1. The van der Waals surface area contributed by atoms with Crippen LogP contribution < -0.4 is 10.6 Å². The van der Waals surface area contributed by atoms with Gasteiger partial charge in [-0.1, -0.05) is 24.3 Å². The number of hydrogen-bond donors (Lipinski definition) is 2. The van der Waals surface area contributed by atoms with Crippen LogP contribution in [0.1, 0.15) is 47.7 Å². The van der Waals surface area contributed by atoms with E-state index in [1.54, 1.807) is 24.3 Å². The number of nitrogens with one attached hydrogen (secondary N) is 2. The first-order chi connectivity index (χ1) is 14.2. The smallest absolute Gasteiger partial charge is 0.306 e. The molecule has 2 amide bonds. The lowest BCUT2D eigenvalue weighted by Crippen LogP contribution is -2.21. The van der Waals surface area contributed by atoms with E-state index in [1.807, 2.05) is 32.0 Å². The summed E-state index contributed by atoms with van der Waals surface area (Å²) in [6.07, 6.45) is 0.525. The molecule has 0 unspecified atom stereocenters. The minimum Gasteiger partial charge on any atom is -0.456 e. The van der Waals surface area contributed by atoms with Crippen molar-refractivity contribution in [1.82, 2.24) is 0 Å². The number of aryl methyl sites for hydroxylation is 2. The van der Waals surface area contributed by atoms with Crippen molar-refractivity contribution in [2.45, 2.75) is 40.0 Å². The first-order valence-electron chi connectivity index (χ1n) is 9.68. The summed E-state index contributed by atoms with van der Waals surface area (Å²) in [7, 11) is 0. The molecule has 158 valence electrons. The van der Waals surface area contributed by atoms with E-state index in [1.165, 1.54) is 6.92 Å². The third kappa shape index (κ3) is 7.50. The summed E-state index contributed by atoms with van der Waals surface area (Å²) in [5.74, 6) is -1.35. The quantitative estimate of drug-likeness (QED) is 0.484. The van der Waals surface area contributed by atoms with Crippen molar-refractivity contribution in [3.05, 3.63) is 59.2 Å². The molecular weight excluding hydrogens is 384 g/mol. The standard InChI is InChI=1S/C23H26N2O5/c1-15-10-11-16(2)20(12-15)25-21(27)8-5-9-23(29)30-14-22(28)24-19-7-4-6-18(13-19)17(3)26/h4,6-7,10-13H,5,8-9,14H2,1-3H3,(H,24,28)(H,25,27). The van der Waals surface area contributed by atoms with E-state index in [9.17, 15) is 19.2 Å². The molecule has 0 bridgehead atoms. The molecule has 0 fully saturated rings. The summed E-state index contributed by atoms with van der Waals surface area (Å²) in [5, 5.41) is 5.41. The van der Waals surface area contributed by atoms with E-state index in [4.69, 9.17) is 4.74 Å². The van der Waals surface area contributed by atoms with Gasteiger partial charge in [0.2, 0.25) is 5.91 Å². The van der Waals surface area contributed by atoms with Gasteiger partial charge in [-0.3, -0.25) is 19.2 Å². The maximum absolute atomic E-state index is 12.1. The molecular formula is C23H26N2O5. The first-order valence-corrected chi connectivity index (χ1v) is 9.68. The van der Waals surface area contributed by atoms with Crippen LogP contribution in [-0.4, -0.2) is 30.2 Å². The molecule has 2 aromatic carbocycles. The highest BCUT2D eigenvalue weighted by atomic mass is 16.5. The summed E-state index contributed by atoms with van der Waals surface area (Å²) in [4.78, 5) is 47.1. The van der Waals surface area contributed by atoms with Gasteiger partial charge < -0.3 is 15.4 Å². The third-order valence-electron chi connectivity index (χ3n) is 4.37. The van der Waals surface area contributed by atoms with Gasteiger partial charge in [0.1, 0.15) is 0 Å². The molecule has 7 nitrogen and oxygen atoms in total. The summed E-state index contributed by atoms with van der Waals surface area (Å²) >= 11 is 0. The van der Waals surface area contributed by atoms with Crippen molar-refractivity contribution in [2.75, 3.05) is 17.2 Å². The lowest BCUT2D eigenvalue weighted by Gasteiger charge is -2.09. The van der Waals surface area contributed by atoms with Gasteiger partial charge in [0.05, 0.1) is 0 Å². The van der Waals surface area contributed by atoms with Crippen molar-refractivity contribution in [3.8, 4) is 0 Å². The highest BCUT2D eigenvalue weighted by Crippen LogP contribution is 2.17. The Morgan fingerprint density at radius 2 is 1.67 bits per heavy atom. The fraction of sp³-hybridized carbons (Fsp3) is 0.304. The number of benzene rings is 2. The Bertz CT molecular complexity index is 952. The van der Waals surface area contributed by atoms with Crippen molar-refractivity contribution < 1.29 is 23.9 Å². The third-order valence-corrected chi connectivity index (χ3v) is 4.37. The zero-order valence-corrected chi connectivity index (χ0v) is 17.4. The zero-order valence-electron chi connectivity index (χ0n) is 17.4. The van der Waals surface area contributed by atoms with Gasteiger partial charge in [-0.05, 0) is 56.5 Å². The molecule has 0 aromatic heterocycles. The average Bonchev–Trinajstić information content (AvgIpc) is 2.69. The Hall–Kier alpha value is -3.48. The Balaban J connectivity index is 1.69. The summed E-state index contributed by atoms with van der Waals surface area (Å²) in [6.45, 7) is 4.86. The lowest BCUT2D eigenvalue weighted by atomic mass is 10.1. The van der Waals surface area contributed by atoms with Gasteiger partial charge >= 0.3 is 5.97 Å². The van der Waals surface area contributed by atoms with Gasteiger partial charge in [0.25, 0.3) is 5.91 Å². The predicted octanol–water partition coefficient (Wildman–Crippen LogP) is 3.80. The van der Waals surface area contributed by atoms with Gasteiger partial charge in [0, 0.05) is 29.8 Å². The van der Waals surface area contributed by atoms with E-state index in [2.05, 4.69) is 10.6 Å². The maximum Gasteiger partial charge on any atom is 0.306 e. The second-order valence-corrected chi connectivity index (χ2v) is 7.07. The molecule has 2 N–H and O–H groups in total. The monoisotopic (exact) mass is 410 g/mol. The van der Waals surface area contributed by atoms with Crippen molar-refractivity contribution in [3.63, 3.8) is 0 Å². The predicted molar refractivity (Wildman–Crippen MR) is 114 cm³/mol. The van der Waals surface area contributed by atoms with E-state index in [0.717, 1.165) is 16.8 Å². The summed E-state index contributed by atoms with van der Waals surface area (Å²) in [6, 6.07) is 12.3. The van der Waals surface area contributed by atoms with Crippen LogP contribution in [-0.2, 0) is 19.1 Å². The highest BCUT2D eigenvalue weighted by molar-refractivity contribution is 5.97. The number of carbonyl (C=O) groups is 4. The molecule has 0 heterocycles. The number of hydrogen-bond acceptors (Lipinski definition) is 5. The van der Waals surface area contributed by atoms with Crippen LogP contribution in [0.4, 0.5) is 11.4 Å². The molecule has 0 radical (unpaired) electrons. The second kappa shape index (κ2) is 10.9.